The van der Waals surface area contributed by atoms with Crippen LogP contribution in [0.15, 0.2) is 28.7 Å². The van der Waals surface area contributed by atoms with Crippen LogP contribution in [0.2, 0.25) is 0 Å². The molecule has 122 valence electrons. The standard InChI is InChI=1S/C15H20BrN3O2.ClH/c1-15(9-17,11-5-6-11)19-13(20)8-18-14(21)10-3-2-4-12(16)7-10;/h2-4,7,11H,5-6,8-9,17H2,1H3,(H,18,21)(H,19,20);1H. The Morgan fingerprint density at radius 2 is 2.09 bits per heavy atom. The molecule has 1 fully saturated rings. The van der Waals surface area contributed by atoms with Crippen LogP contribution < -0.4 is 16.4 Å². The van der Waals surface area contributed by atoms with Gasteiger partial charge in [0.05, 0.1) is 12.1 Å². The van der Waals surface area contributed by atoms with E-state index < -0.39 is 0 Å². The minimum Gasteiger partial charge on any atom is -0.348 e. The quantitative estimate of drug-likeness (QED) is 0.693. The second kappa shape index (κ2) is 7.94. The highest BCUT2D eigenvalue weighted by atomic mass is 79.9. The number of carbonyl (C=O) groups excluding carboxylic acids is 2. The van der Waals surface area contributed by atoms with Crippen LogP contribution in [-0.2, 0) is 4.79 Å². The van der Waals surface area contributed by atoms with Crippen molar-refractivity contribution in [2.75, 3.05) is 13.1 Å². The Kier molecular flexibility index (Phi) is 6.84. The van der Waals surface area contributed by atoms with Gasteiger partial charge in [-0.2, -0.15) is 0 Å². The van der Waals surface area contributed by atoms with Crippen molar-refractivity contribution in [1.82, 2.24) is 10.6 Å². The van der Waals surface area contributed by atoms with E-state index in [1.54, 1.807) is 18.2 Å². The molecule has 1 aliphatic carbocycles. The Balaban J connectivity index is 0.00000242. The van der Waals surface area contributed by atoms with E-state index >= 15 is 0 Å². The number of hydrogen-bond donors (Lipinski definition) is 3. The fourth-order valence-electron chi connectivity index (χ4n) is 2.30. The molecular weight excluding hydrogens is 370 g/mol. The summed E-state index contributed by atoms with van der Waals surface area (Å²) in [6.07, 6.45) is 2.19. The molecule has 0 aromatic heterocycles. The van der Waals surface area contributed by atoms with Crippen molar-refractivity contribution in [3.63, 3.8) is 0 Å². The van der Waals surface area contributed by atoms with E-state index in [0.29, 0.717) is 18.0 Å². The molecule has 0 bridgehead atoms. The van der Waals surface area contributed by atoms with Crippen molar-refractivity contribution in [2.45, 2.75) is 25.3 Å². The van der Waals surface area contributed by atoms with Gasteiger partial charge in [-0.05, 0) is 43.9 Å². The topological polar surface area (TPSA) is 84.2 Å². The Morgan fingerprint density at radius 3 is 2.64 bits per heavy atom. The summed E-state index contributed by atoms with van der Waals surface area (Å²) in [5.74, 6) is -0.0299. The summed E-state index contributed by atoms with van der Waals surface area (Å²) in [5, 5.41) is 5.55. The predicted molar refractivity (Wildman–Crippen MR) is 92.0 cm³/mol. The zero-order chi connectivity index (χ0) is 15.5. The van der Waals surface area contributed by atoms with Gasteiger partial charge in [0.15, 0.2) is 0 Å². The lowest BCUT2D eigenvalue weighted by atomic mass is 9.96. The molecule has 0 heterocycles. The zero-order valence-corrected chi connectivity index (χ0v) is 14.8. The second-order valence-electron chi connectivity index (χ2n) is 5.64. The summed E-state index contributed by atoms with van der Waals surface area (Å²) in [7, 11) is 0. The molecule has 7 heteroatoms. The van der Waals surface area contributed by atoms with Crippen LogP contribution in [0.25, 0.3) is 0 Å². The molecule has 0 aliphatic heterocycles. The molecule has 0 radical (unpaired) electrons. The van der Waals surface area contributed by atoms with E-state index in [0.717, 1.165) is 17.3 Å². The van der Waals surface area contributed by atoms with Crippen LogP contribution in [0, 0.1) is 5.92 Å². The highest BCUT2D eigenvalue weighted by molar-refractivity contribution is 9.10. The normalized spacial score (nSPS) is 16.1. The van der Waals surface area contributed by atoms with E-state index in [1.165, 1.54) is 0 Å². The minimum atomic E-state index is -0.364. The molecule has 2 rings (SSSR count). The molecule has 0 saturated heterocycles. The Bertz CT molecular complexity index is 551. The molecule has 1 aromatic rings. The van der Waals surface area contributed by atoms with Gasteiger partial charge < -0.3 is 16.4 Å². The number of rotatable bonds is 6. The molecule has 4 N–H and O–H groups in total. The molecule has 1 atom stereocenters. The third kappa shape index (κ3) is 4.97. The Hall–Kier alpha value is -1.11. The molecule has 1 unspecified atom stereocenters. The van der Waals surface area contributed by atoms with Crippen LogP contribution in [0.3, 0.4) is 0 Å². The number of carbonyl (C=O) groups is 2. The van der Waals surface area contributed by atoms with Gasteiger partial charge >= 0.3 is 0 Å². The maximum absolute atomic E-state index is 12.0. The van der Waals surface area contributed by atoms with E-state index in [4.69, 9.17) is 5.73 Å². The van der Waals surface area contributed by atoms with Crippen molar-refractivity contribution < 1.29 is 9.59 Å². The third-order valence-electron chi connectivity index (χ3n) is 3.82. The zero-order valence-electron chi connectivity index (χ0n) is 12.4. The molecule has 1 saturated carbocycles. The van der Waals surface area contributed by atoms with Gasteiger partial charge in [0, 0.05) is 16.6 Å². The monoisotopic (exact) mass is 389 g/mol. The number of amides is 2. The Labute approximate surface area is 144 Å². The number of benzene rings is 1. The first-order chi connectivity index (χ1) is 9.94. The highest BCUT2D eigenvalue weighted by Crippen LogP contribution is 2.38. The van der Waals surface area contributed by atoms with Crippen molar-refractivity contribution in [1.29, 1.82) is 0 Å². The third-order valence-corrected chi connectivity index (χ3v) is 4.32. The number of halogens is 2. The summed E-state index contributed by atoms with van der Waals surface area (Å²) in [6, 6.07) is 7.02. The van der Waals surface area contributed by atoms with Gasteiger partial charge in [0.25, 0.3) is 5.91 Å². The maximum atomic E-state index is 12.0. The van der Waals surface area contributed by atoms with Crippen molar-refractivity contribution >= 4 is 40.2 Å². The summed E-state index contributed by atoms with van der Waals surface area (Å²) >= 11 is 3.31. The molecule has 1 aliphatic rings. The van der Waals surface area contributed by atoms with Crippen molar-refractivity contribution in [2.24, 2.45) is 11.7 Å². The largest absolute Gasteiger partial charge is 0.348 e. The molecule has 5 nitrogen and oxygen atoms in total. The van der Waals surface area contributed by atoms with Crippen LogP contribution in [0.1, 0.15) is 30.1 Å². The number of hydrogen-bond acceptors (Lipinski definition) is 3. The summed E-state index contributed by atoms with van der Waals surface area (Å²) in [5.41, 5.74) is 5.90. The SMILES string of the molecule is CC(CN)(NC(=O)CNC(=O)c1cccc(Br)c1)C1CC1.Cl. The maximum Gasteiger partial charge on any atom is 0.251 e. The van der Waals surface area contributed by atoms with E-state index in [1.807, 2.05) is 13.0 Å². The second-order valence-corrected chi connectivity index (χ2v) is 6.55. The van der Waals surface area contributed by atoms with Gasteiger partial charge in [-0.25, -0.2) is 0 Å². The first-order valence-electron chi connectivity index (χ1n) is 6.99. The van der Waals surface area contributed by atoms with Gasteiger partial charge in [0.2, 0.25) is 5.91 Å². The predicted octanol–water partition coefficient (Wildman–Crippen LogP) is 1.84. The van der Waals surface area contributed by atoms with E-state index in [9.17, 15) is 9.59 Å². The average Bonchev–Trinajstić information content (AvgIpc) is 3.29. The highest BCUT2D eigenvalue weighted by Gasteiger charge is 2.41. The summed E-state index contributed by atoms with van der Waals surface area (Å²) in [6.45, 7) is 2.31. The average molecular weight is 391 g/mol. The molecular formula is C15H21BrClN3O2. The smallest absolute Gasteiger partial charge is 0.251 e. The fourth-order valence-corrected chi connectivity index (χ4v) is 2.69. The first-order valence-corrected chi connectivity index (χ1v) is 7.79. The minimum absolute atomic E-state index is 0. The molecule has 22 heavy (non-hydrogen) atoms. The summed E-state index contributed by atoms with van der Waals surface area (Å²) in [4.78, 5) is 23.9. The Morgan fingerprint density at radius 1 is 1.41 bits per heavy atom. The lowest BCUT2D eigenvalue weighted by molar-refractivity contribution is -0.122. The lowest BCUT2D eigenvalue weighted by Crippen LogP contribution is -2.55. The van der Waals surface area contributed by atoms with Gasteiger partial charge in [-0.15, -0.1) is 12.4 Å². The van der Waals surface area contributed by atoms with Crippen LogP contribution >= 0.6 is 28.3 Å². The fraction of sp³-hybridized carbons (Fsp3) is 0.467. The number of nitrogens with one attached hydrogen (secondary N) is 2. The molecule has 2 amide bonds. The lowest BCUT2D eigenvalue weighted by Gasteiger charge is -2.29. The van der Waals surface area contributed by atoms with E-state index in [-0.39, 0.29) is 36.3 Å². The molecule has 0 spiro atoms. The first kappa shape index (κ1) is 18.9. The molecule has 1 aromatic carbocycles. The van der Waals surface area contributed by atoms with Crippen molar-refractivity contribution in [3.8, 4) is 0 Å². The van der Waals surface area contributed by atoms with E-state index in [2.05, 4.69) is 26.6 Å². The summed E-state index contributed by atoms with van der Waals surface area (Å²) < 4.78 is 0.823. The van der Waals surface area contributed by atoms with Gasteiger partial charge in [0.1, 0.15) is 0 Å². The van der Waals surface area contributed by atoms with Crippen LogP contribution in [0.5, 0.6) is 0 Å². The van der Waals surface area contributed by atoms with Crippen molar-refractivity contribution in [3.05, 3.63) is 34.3 Å². The van der Waals surface area contributed by atoms with Gasteiger partial charge in [-0.3, -0.25) is 9.59 Å². The number of nitrogens with two attached hydrogens (primary N) is 1. The van der Waals surface area contributed by atoms with Crippen LogP contribution in [-0.4, -0.2) is 30.4 Å². The van der Waals surface area contributed by atoms with Gasteiger partial charge in [-0.1, -0.05) is 22.0 Å². The van der Waals surface area contributed by atoms with Crippen LogP contribution in [0.4, 0.5) is 0 Å².